The molecule has 3 rings (SSSR count). The minimum absolute atomic E-state index is 0.150. The third-order valence-electron chi connectivity index (χ3n) is 4.77. The third kappa shape index (κ3) is 4.99. The lowest BCUT2D eigenvalue weighted by Gasteiger charge is -2.43. The van der Waals surface area contributed by atoms with Gasteiger partial charge in [-0.2, -0.15) is 0 Å². The second kappa shape index (κ2) is 8.41. The van der Waals surface area contributed by atoms with E-state index in [1.54, 1.807) is 0 Å². The van der Waals surface area contributed by atoms with Crippen molar-refractivity contribution < 1.29 is 24.2 Å². The summed E-state index contributed by atoms with van der Waals surface area (Å²) in [4.78, 5) is 23.7. The fourth-order valence-corrected chi connectivity index (χ4v) is 4.33. The Balaban J connectivity index is 1.79. The van der Waals surface area contributed by atoms with Gasteiger partial charge in [0.1, 0.15) is 6.10 Å². The molecule has 2 fully saturated rings. The summed E-state index contributed by atoms with van der Waals surface area (Å²) in [6.45, 7) is 1.91. The Labute approximate surface area is 157 Å². The molecular formula is C19H25NO5S. The van der Waals surface area contributed by atoms with Crippen molar-refractivity contribution in [2.75, 3.05) is 5.75 Å². The number of thioether (sulfide) groups is 1. The minimum atomic E-state index is -1.54. The predicted molar refractivity (Wildman–Crippen MR) is 99.6 cm³/mol. The van der Waals surface area contributed by atoms with Crippen molar-refractivity contribution >= 4 is 23.0 Å². The van der Waals surface area contributed by atoms with Gasteiger partial charge in [0.25, 0.3) is 5.24 Å². The van der Waals surface area contributed by atoms with E-state index >= 15 is 0 Å². The first-order chi connectivity index (χ1) is 12.4. The number of amides is 1. The van der Waals surface area contributed by atoms with Gasteiger partial charge in [0.05, 0.1) is 12.1 Å². The molecular weight excluding hydrogens is 354 g/mol. The summed E-state index contributed by atoms with van der Waals surface area (Å²) in [5.74, 6) is -1.50. The topological polar surface area (TPSA) is 84.9 Å². The Kier molecular flexibility index (Phi) is 6.21. The van der Waals surface area contributed by atoms with E-state index < -0.39 is 23.9 Å². The highest BCUT2D eigenvalue weighted by atomic mass is 32.2. The van der Waals surface area contributed by atoms with Gasteiger partial charge >= 0.3 is 5.97 Å². The monoisotopic (exact) mass is 379 g/mol. The van der Waals surface area contributed by atoms with Crippen LogP contribution in [0.2, 0.25) is 0 Å². The lowest BCUT2D eigenvalue weighted by Crippen LogP contribution is -2.58. The van der Waals surface area contributed by atoms with Crippen molar-refractivity contribution in [3.05, 3.63) is 36.0 Å². The zero-order valence-electron chi connectivity index (χ0n) is 14.8. The van der Waals surface area contributed by atoms with Crippen LogP contribution in [0.3, 0.4) is 0 Å². The van der Waals surface area contributed by atoms with Crippen molar-refractivity contribution in [2.24, 2.45) is 0 Å². The van der Waals surface area contributed by atoms with E-state index in [2.05, 4.69) is 11.4 Å². The molecule has 2 bridgehead atoms. The predicted octanol–water partition coefficient (Wildman–Crippen LogP) is 2.83. The highest BCUT2D eigenvalue weighted by molar-refractivity contribution is 8.14. The zero-order valence-corrected chi connectivity index (χ0v) is 15.7. The summed E-state index contributed by atoms with van der Waals surface area (Å²) in [5.41, 5.74) is 0.957. The summed E-state index contributed by atoms with van der Waals surface area (Å²) in [6, 6.07) is -0.510. The van der Waals surface area contributed by atoms with E-state index in [0.29, 0.717) is 18.6 Å². The summed E-state index contributed by atoms with van der Waals surface area (Å²) >= 11 is 1.12. The molecule has 0 saturated carbocycles. The number of esters is 1. The van der Waals surface area contributed by atoms with Crippen LogP contribution in [0.15, 0.2) is 36.0 Å². The molecule has 4 atom stereocenters. The molecule has 3 heterocycles. The average molecular weight is 379 g/mol. The molecule has 0 spiro atoms. The molecule has 3 aliphatic heterocycles. The molecule has 6 nitrogen and oxygen atoms in total. The van der Waals surface area contributed by atoms with Gasteiger partial charge in [0.2, 0.25) is 0 Å². The highest BCUT2D eigenvalue weighted by Gasteiger charge is 2.49. The number of rotatable bonds is 1. The van der Waals surface area contributed by atoms with Gasteiger partial charge in [-0.15, -0.1) is 0 Å². The summed E-state index contributed by atoms with van der Waals surface area (Å²) in [6.07, 6.45) is 11.7. The van der Waals surface area contributed by atoms with Gasteiger partial charge < -0.3 is 19.9 Å². The van der Waals surface area contributed by atoms with E-state index in [1.165, 1.54) is 6.08 Å². The second-order valence-electron chi connectivity index (χ2n) is 7.00. The standard InChI is InChI=1S/C19H25NO5S/c1-13-7-5-3-2-4-6-8-14-10-15(24-17(21)9-13)11-19(23,25-14)16-12-26-18(22)20-16/h2-4,6,9,14-16,23H,5,7-8,10-12H2,1H3,(H,20,22)/b3-2-,6-4+,13-9-/t14-,15-,16+,19-/m1/s1. The van der Waals surface area contributed by atoms with Gasteiger partial charge in [-0.25, -0.2) is 4.79 Å². The number of nitrogens with one attached hydrogen (secondary N) is 1. The zero-order chi connectivity index (χ0) is 18.6. The van der Waals surface area contributed by atoms with Gasteiger partial charge in [-0.05, 0) is 26.2 Å². The molecule has 26 heavy (non-hydrogen) atoms. The van der Waals surface area contributed by atoms with Gasteiger partial charge in [-0.1, -0.05) is 41.6 Å². The number of ether oxygens (including phenoxy) is 2. The second-order valence-corrected chi connectivity index (χ2v) is 7.99. The molecule has 0 aromatic carbocycles. The Hall–Kier alpha value is -1.57. The maximum absolute atomic E-state index is 12.2. The van der Waals surface area contributed by atoms with Crippen LogP contribution in [0.4, 0.5) is 4.79 Å². The number of hydrogen-bond acceptors (Lipinski definition) is 6. The Bertz CT molecular complexity index is 644. The minimum Gasteiger partial charge on any atom is -0.459 e. The van der Waals surface area contributed by atoms with E-state index in [0.717, 1.165) is 30.2 Å². The molecule has 2 saturated heterocycles. The fraction of sp³-hybridized carbons (Fsp3) is 0.579. The van der Waals surface area contributed by atoms with Crippen LogP contribution in [0.25, 0.3) is 0 Å². The van der Waals surface area contributed by atoms with Crippen molar-refractivity contribution in [1.29, 1.82) is 0 Å². The smallest absolute Gasteiger partial charge is 0.330 e. The maximum atomic E-state index is 12.2. The molecule has 1 amide bonds. The number of carbonyl (C=O) groups excluding carboxylic acids is 2. The van der Waals surface area contributed by atoms with E-state index in [9.17, 15) is 14.7 Å². The summed E-state index contributed by atoms with van der Waals surface area (Å²) in [7, 11) is 0. The summed E-state index contributed by atoms with van der Waals surface area (Å²) in [5, 5.41) is 13.6. The Morgan fingerprint density at radius 3 is 2.85 bits per heavy atom. The van der Waals surface area contributed by atoms with Crippen molar-refractivity contribution in [3.8, 4) is 0 Å². The first-order valence-corrected chi connectivity index (χ1v) is 9.96. The highest BCUT2D eigenvalue weighted by Crippen LogP contribution is 2.36. The number of aliphatic hydroxyl groups is 1. The van der Waals surface area contributed by atoms with E-state index in [-0.39, 0.29) is 17.8 Å². The van der Waals surface area contributed by atoms with Crippen LogP contribution in [-0.4, -0.2) is 46.1 Å². The van der Waals surface area contributed by atoms with Gasteiger partial charge in [-0.3, -0.25) is 4.79 Å². The fourth-order valence-electron chi connectivity index (χ4n) is 3.44. The number of fused-ring (bicyclic) bond motifs is 2. The molecule has 0 unspecified atom stereocenters. The number of carbonyl (C=O) groups is 2. The van der Waals surface area contributed by atoms with Crippen LogP contribution in [-0.2, 0) is 14.3 Å². The molecule has 0 radical (unpaired) electrons. The molecule has 142 valence electrons. The molecule has 0 aromatic heterocycles. The lowest BCUT2D eigenvalue weighted by molar-refractivity contribution is -0.281. The van der Waals surface area contributed by atoms with E-state index in [4.69, 9.17) is 9.47 Å². The Morgan fingerprint density at radius 1 is 1.27 bits per heavy atom. The van der Waals surface area contributed by atoms with Crippen LogP contribution < -0.4 is 5.32 Å². The SMILES string of the molecule is C/C1=C/C(=O)O[C@@H]2C[C@@H](C/C=C/C=C\CC1)O[C@@](O)([C@@H]1CSC(=O)N1)C2. The van der Waals surface area contributed by atoms with Crippen LogP contribution >= 0.6 is 11.8 Å². The van der Waals surface area contributed by atoms with Gasteiger partial charge in [0, 0.05) is 24.7 Å². The van der Waals surface area contributed by atoms with E-state index in [1.807, 2.05) is 25.2 Å². The largest absolute Gasteiger partial charge is 0.459 e. The van der Waals surface area contributed by atoms with Crippen molar-refractivity contribution in [3.63, 3.8) is 0 Å². The molecule has 0 aliphatic carbocycles. The van der Waals surface area contributed by atoms with Crippen LogP contribution in [0.5, 0.6) is 0 Å². The third-order valence-corrected chi connectivity index (χ3v) is 5.65. The molecule has 2 N–H and O–H groups in total. The maximum Gasteiger partial charge on any atom is 0.330 e. The summed E-state index contributed by atoms with van der Waals surface area (Å²) < 4.78 is 11.5. The first-order valence-electron chi connectivity index (χ1n) is 8.97. The van der Waals surface area contributed by atoms with Crippen molar-refractivity contribution in [1.82, 2.24) is 5.32 Å². The Morgan fingerprint density at radius 2 is 2.08 bits per heavy atom. The van der Waals surface area contributed by atoms with Crippen molar-refractivity contribution in [2.45, 2.75) is 63.1 Å². The van der Waals surface area contributed by atoms with Gasteiger partial charge in [0.15, 0.2) is 5.79 Å². The molecule has 0 aromatic rings. The first kappa shape index (κ1) is 19.2. The lowest BCUT2D eigenvalue weighted by atomic mass is 9.92. The number of allylic oxidation sites excluding steroid dienone is 4. The quantitative estimate of drug-likeness (QED) is 0.682. The van der Waals surface area contributed by atoms with Crippen LogP contribution in [0, 0.1) is 0 Å². The average Bonchev–Trinajstić information content (AvgIpc) is 3.00. The normalized spacial score (nSPS) is 40.5. The number of hydrogen-bond donors (Lipinski definition) is 2. The molecule has 7 heteroatoms. The molecule has 3 aliphatic rings. The van der Waals surface area contributed by atoms with Crippen LogP contribution in [0.1, 0.15) is 39.0 Å².